The summed E-state index contributed by atoms with van der Waals surface area (Å²) in [5, 5.41) is 10.3. The Labute approximate surface area is 178 Å². The highest BCUT2D eigenvalue weighted by molar-refractivity contribution is 6.64. The zero-order valence-corrected chi connectivity index (χ0v) is 18.8. The Morgan fingerprint density at radius 3 is 1.67 bits per heavy atom. The van der Waals surface area contributed by atoms with Gasteiger partial charge in [0.05, 0.1) is 39.6 Å². The van der Waals surface area contributed by atoms with Gasteiger partial charge in [0.25, 0.3) is 0 Å². The fourth-order valence-electron chi connectivity index (χ4n) is 3.39. The number of phenols is 1. The molecule has 0 aliphatic carbocycles. The minimum atomic E-state index is -0.653. The van der Waals surface area contributed by atoms with Crippen molar-refractivity contribution < 1.29 is 33.4 Å². The summed E-state index contributed by atoms with van der Waals surface area (Å²) in [7, 11) is 5.49. The summed E-state index contributed by atoms with van der Waals surface area (Å²) >= 11 is 0. The average Bonchev–Trinajstić information content (AvgIpc) is 2.94. The SMILES string of the molecule is COc1cc(OC)c(-c2cc(OC)c(O)c(OC)c2)c(B2OC(C)(C)C(C)(C)O2)c1. The topological polar surface area (TPSA) is 75.6 Å². The Bertz CT molecular complexity index is 898. The van der Waals surface area contributed by atoms with Gasteiger partial charge in [0, 0.05) is 11.6 Å². The molecule has 1 aliphatic rings. The number of phenolic OH excluding ortho intramolecular Hbond substituents is 1. The molecule has 0 atom stereocenters. The highest BCUT2D eigenvalue weighted by atomic mass is 16.7. The molecule has 1 heterocycles. The van der Waals surface area contributed by atoms with Gasteiger partial charge in [-0.05, 0) is 56.9 Å². The van der Waals surface area contributed by atoms with E-state index in [4.69, 9.17) is 28.3 Å². The summed E-state index contributed by atoms with van der Waals surface area (Å²) in [4.78, 5) is 0. The lowest BCUT2D eigenvalue weighted by atomic mass is 9.73. The lowest BCUT2D eigenvalue weighted by molar-refractivity contribution is 0.00578. The smallest absolute Gasteiger partial charge is 0.495 e. The highest BCUT2D eigenvalue weighted by Gasteiger charge is 2.52. The van der Waals surface area contributed by atoms with Gasteiger partial charge in [-0.1, -0.05) is 0 Å². The number of rotatable bonds is 6. The van der Waals surface area contributed by atoms with Crippen LogP contribution in [0.25, 0.3) is 11.1 Å². The van der Waals surface area contributed by atoms with E-state index in [9.17, 15) is 5.11 Å². The van der Waals surface area contributed by atoms with E-state index in [1.165, 1.54) is 14.2 Å². The van der Waals surface area contributed by atoms with Crippen LogP contribution in [0.5, 0.6) is 28.7 Å². The van der Waals surface area contributed by atoms with E-state index >= 15 is 0 Å². The molecule has 0 saturated carbocycles. The van der Waals surface area contributed by atoms with Crippen LogP contribution in [0, 0.1) is 0 Å². The predicted molar refractivity (Wildman–Crippen MR) is 115 cm³/mol. The van der Waals surface area contributed by atoms with Crippen molar-refractivity contribution in [3.63, 3.8) is 0 Å². The zero-order valence-electron chi connectivity index (χ0n) is 18.8. The molecule has 162 valence electrons. The first-order valence-electron chi connectivity index (χ1n) is 9.65. The first kappa shape index (κ1) is 22.1. The first-order chi connectivity index (χ1) is 14.1. The molecule has 7 nitrogen and oxygen atoms in total. The lowest BCUT2D eigenvalue weighted by Gasteiger charge is -2.32. The number of hydrogen-bond acceptors (Lipinski definition) is 7. The van der Waals surface area contributed by atoms with Crippen LogP contribution in [0.4, 0.5) is 0 Å². The molecule has 0 bridgehead atoms. The molecule has 1 N–H and O–H groups in total. The molecule has 8 heteroatoms. The van der Waals surface area contributed by atoms with E-state index in [1.54, 1.807) is 32.4 Å². The van der Waals surface area contributed by atoms with Crippen molar-refractivity contribution in [3.8, 4) is 39.9 Å². The maximum absolute atomic E-state index is 10.3. The van der Waals surface area contributed by atoms with Crippen LogP contribution in [0.2, 0.25) is 0 Å². The highest BCUT2D eigenvalue weighted by Crippen LogP contribution is 2.44. The normalized spacial score (nSPS) is 17.0. The monoisotopic (exact) mass is 416 g/mol. The number of ether oxygens (including phenoxy) is 4. The second kappa shape index (κ2) is 7.93. The van der Waals surface area contributed by atoms with Crippen LogP contribution < -0.4 is 24.4 Å². The van der Waals surface area contributed by atoms with E-state index in [-0.39, 0.29) is 17.2 Å². The maximum atomic E-state index is 10.3. The zero-order chi connectivity index (χ0) is 22.3. The second-order valence-corrected chi connectivity index (χ2v) is 8.11. The predicted octanol–water partition coefficient (Wildman–Crippen LogP) is 3.39. The molecule has 3 rings (SSSR count). The molecule has 0 unspecified atom stereocenters. The average molecular weight is 416 g/mol. The van der Waals surface area contributed by atoms with E-state index in [2.05, 4.69) is 0 Å². The Morgan fingerprint density at radius 2 is 1.23 bits per heavy atom. The van der Waals surface area contributed by atoms with Crippen LogP contribution in [0.15, 0.2) is 24.3 Å². The molecular weight excluding hydrogens is 387 g/mol. The van der Waals surface area contributed by atoms with Crippen molar-refractivity contribution >= 4 is 12.6 Å². The molecule has 0 spiro atoms. The summed E-state index contributed by atoms with van der Waals surface area (Å²) in [5.41, 5.74) is 1.14. The van der Waals surface area contributed by atoms with Gasteiger partial charge in [0.2, 0.25) is 5.75 Å². The van der Waals surface area contributed by atoms with Gasteiger partial charge < -0.3 is 33.4 Å². The quantitative estimate of drug-likeness (QED) is 0.724. The summed E-state index contributed by atoms with van der Waals surface area (Å²) in [5.74, 6) is 1.66. The van der Waals surface area contributed by atoms with Gasteiger partial charge in [-0.15, -0.1) is 0 Å². The molecular formula is C22H29BO7. The molecule has 2 aromatic carbocycles. The Morgan fingerprint density at radius 1 is 0.733 bits per heavy atom. The van der Waals surface area contributed by atoms with Crippen molar-refractivity contribution in [2.45, 2.75) is 38.9 Å². The van der Waals surface area contributed by atoms with Crippen LogP contribution in [-0.2, 0) is 9.31 Å². The van der Waals surface area contributed by atoms with Gasteiger partial charge >= 0.3 is 7.12 Å². The molecule has 2 aromatic rings. The van der Waals surface area contributed by atoms with Crippen LogP contribution in [0.3, 0.4) is 0 Å². The van der Waals surface area contributed by atoms with E-state index in [1.807, 2.05) is 33.8 Å². The molecule has 30 heavy (non-hydrogen) atoms. The Hall–Kier alpha value is -2.58. The summed E-state index contributed by atoms with van der Waals surface area (Å²) in [6, 6.07) is 7.09. The second-order valence-electron chi connectivity index (χ2n) is 8.11. The number of methoxy groups -OCH3 is 4. The minimum absolute atomic E-state index is 0.0755. The number of hydrogen-bond donors (Lipinski definition) is 1. The van der Waals surface area contributed by atoms with Gasteiger partial charge in [-0.25, -0.2) is 0 Å². The third kappa shape index (κ3) is 3.65. The number of aromatic hydroxyl groups is 1. The van der Waals surface area contributed by atoms with Gasteiger partial charge in [-0.2, -0.15) is 0 Å². The fraction of sp³-hybridized carbons (Fsp3) is 0.455. The Balaban J connectivity index is 2.27. The molecule has 1 aliphatic heterocycles. The molecule has 0 radical (unpaired) electrons. The van der Waals surface area contributed by atoms with E-state index < -0.39 is 18.3 Å². The number of benzene rings is 2. The molecule has 0 aromatic heterocycles. The van der Waals surface area contributed by atoms with E-state index in [0.717, 1.165) is 11.0 Å². The standard InChI is InChI=1S/C22H29BO7/c1-21(2)22(3,4)30-23(29-21)15-11-14(25-5)12-16(26-6)19(15)13-9-17(27-7)20(24)18(10-13)28-8/h9-12,24H,1-8H3. The largest absolute Gasteiger partial charge is 0.502 e. The summed E-state index contributed by atoms with van der Waals surface area (Å²) < 4.78 is 34.5. The van der Waals surface area contributed by atoms with Crippen LogP contribution >= 0.6 is 0 Å². The van der Waals surface area contributed by atoms with Gasteiger partial charge in [0.15, 0.2) is 11.5 Å². The minimum Gasteiger partial charge on any atom is -0.502 e. The first-order valence-corrected chi connectivity index (χ1v) is 9.65. The van der Waals surface area contributed by atoms with Crippen LogP contribution in [0.1, 0.15) is 27.7 Å². The molecule has 1 fully saturated rings. The van der Waals surface area contributed by atoms with Gasteiger partial charge in [0.1, 0.15) is 11.5 Å². The molecule has 1 saturated heterocycles. The van der Waals surface area contributed by atoms with Crippen molar-refractivity contribution in [2.75, 3.05) is 28.4 Å². The van der Waals surface area contributed by atoms with E-state index in [0.29, 0.717) is 17.1 Å². The summed E-state index contributed by atoms with van der Waals surface area (Å²) in [6.07, 6.45) is 0. The third-order valence-electron chi connectivity index (χ3n) is 5.84. The van der Waals surface area contributed by atoms with Gasteiger partial charge in [-0.3, -0.25) is 0 Å². The van der Waals surface area contributed by atoms with Crippen molar-refractivity contribution in [1.82, 2.24) is 0 Å². The van der Waals surface area contributed by atoms with Crippen molar-refractivity contribution in [2.24, 2.45) is 0 Å². The van der Waals surface area contributed by atoms with Crippen molar-refractivity contribution in [3.05, 3.63) is 24.3 Å². The Kier molecular flexibility index (Phi) is 5.84. The fourth-order valence-corrected chi connectivity index (χ4v) is 3.39. The lowest BCUT2D eigenvalue weighted by Crippen LogP contribution is -2.41. The third-order valence-corrected chi connectivity index (χ3v) is 5.84. The van der Waals surface area contributed by atoms with Crippen LogP contribution in [-0.4, -0.2) is 51.9 Å². The molecule has 0 amide bonds. The maximum Gasteiger partial charge on any atom is 0.495 e. The summed E-state index contributed by atoms with van der Waals surface area (Å²) in [6.45, 7) is 7.99. The van der Waals surface area contributed by atoms with Crippen molar-refractivity contribution in [1.29, 1.82) is 0 Å².